The van der Waals surface area contributed by atoms with Crippen LogP contribution in [-0.2, 0) is 0 Å². The van der Waals surface area contributed by atoms with Crippen LogP contribution in [0.25, 0.3) is 122 Å². The van der Waals surface area contributed by atoms with Gasteiger partial charge in [0.15, 0.2) is 23.1 Å². The zero-order valence-electron chi connectivity index (χ0n) is 32.8. The molecule has 2 heterocycles. The maximum Gasteiger partial charge on any atom is 0.227 e. The molecule has 0 saturated carbocycles. The molecule has 0 amide bonds. The molecule has 0 aliphatic heterocycles. The van der Waals surface area contributed by atoms with Gasteiger partial charge in [-0.3, -0.25) is 0 Å². The van der Waals surface area contributed by atoms with Crippen molar-refractivity contribution in [2.45, 2.75) is 0 Å². The van der Waals surface area contributed by atoms with Gasteiger partial charge in [-0.2, -0.15) is 0 Å². The van der Waals surface area contributed by atoms with Crippen LogP contribution in [0.2, 0.25) is 0 Å². The van der Waals surface area contributed by atoms with Crippen molar-refractivity contribution in [3.05, 3.63) is 206 Å². The summed E-state index contributed by atoms with van der Waals surface area (Å²) in [7, 11) is 0. The molecular weight excluding hydrogens is 745 g/mol. The topological polar surface area (TPSA) is 64.7 Å². The van der Waals surface area contributed by atoms with Crippen molar-refractivity contribution in [3.8, 4) is 67.9 Å². The second-order valence-electron chi connectivity index (χ2n) is 15.4. The van der Waals surface area contributed by atoms with Crippen molar-refractivity contribution in [3.63, 3.8) is 0 Å². The molecule has 0 N–H and O–H groups in total. The minimum atomic E-state index is 0.602. The molecule has 61 heavy (non-hydrogen) atoms. The number of oxazole rings is 1. The van der Waals surface area contributed by atoms with Crippen LogP contribution in [0.5, 0.6) is 0 Å². The van der Waals surface area contributed by atoms with Gasteiger partial charge in [-0.05, 0) is 84.9 Å². The van der Waals surface area contributed by atoms with E-state index in [0.29, 0.717) is 23.4 Å². The van der Waals surface area contributed by atoms with E-state index in [2.05, 4.69) is 164 Å². The summed E-state index contributed by atoms with van der Waals surface area (Å²) in [6, 6.07) is 71.8. The van der Waals surface area contributed by atoms with Crippen LogP contribution >= 0.6 is 0 Å². The maximum absolute atomic E-state index is 6.63. The van der Waals surface area contributed by atoms with Gasteiger partial charge in [0.1, 0.15) is 5.52 Å². The molecule has 0 unspecified atom stereocenters. The van der Waals surface area contributed by atoms with Crippen LogP contribution in [0.1, 0.15) is 0 Å². The van der Waals surface area contributed by atoms with Crippen molar-refractivity contribution >= 4 is 54.2 Å². The van der Waals surface area contributed by atoms with E-state index in [1.54, 1.807) is 0 Å². The fraction of sp³-hybridized carbons (Fsp3) is 0. The zero-order valence-corrected chi connectivity index (χ0v) is 32.8. The van der Waals surface area contributed by atoms with Crippen LogP contribution < -0.4 is 0 Å². The number of benzene rings is 10. The first-order valence-corrected chi connectivity index (χ1v) is 20.5. The molecule has 10 aromatic carbocycles. The second-order valence-corrected chi connectivity index (χ2v) is 15.4. The Balaban J connectivity index is 1.07. The average molecular weight is 779 g/mol. The smallest absolute Gasteiger partial charge is 0.227 e. The Labute approximate surface area is 351 Å². The van der Waals surface area contributed by atoms with Gasteiger partial charge in [-0.15, -0.1) is 0 Å². The monoisotopic (exact) mass is 778 g/mol. The molecule has 5 nitrogen and oxygen atoms in total. The lowest BCUT2D eigenvalue weighted by Gasteiger charge is -2.14. The lowest BCUT2D eigenvalue weighted by Crippen LogP contribution is -2.01. The maximum atomic E-state index is 6.63. The summed E-state index contributed by atoms with van der Waals surface area (Å²) in [6.45, 7) is 0. The summed E-state index contributed by atoms with van der Waals surface area (Å²) in [4.78, 5) is 20.7. The predicted octanol–water partition coefficient (Wildman–Crippen LogP) is 14.6. The molecule has 12 aromatic rings. The fourth-order valence-electron chi connectivity index (χ4n) is 8.78. The Morgan fingerprint density at radius 2 is 0.869 bits per heavy atom. The van der Waals surface area contributed by atoms with E-state index in [1.165, 1.54) is 10.8 Å². The van der Waals surface area contributed by atoms with Crippen molar-refractivity contribution in [1.29, 1.82) is 0 Å². The van der Waals surface area contributed by atoms with Gasteiger partial charge in [0, 0.05) is 33.0 Å². The summed E-state index contributed by atoms with van der Waals surface area (Å²) in [5, 5.41) is 8.80. The summed E-state index contributed by atoms with van der Waals surface area (Å²) in [6.07, 6.45) is 0. The number of aromatic nitrogens is 4. The third-order valence-electron chi connectivity index (χ3n) is 11.7. The van der Waals surface area contributed by atoms with Gasteiger partial charge in [0.2, 0.25) is 5.89 Å². The molecule has 0 fully saturated rings. The Morgan fingerprint density at radius 3 is 1.69 bits per heavy atom. The average Bonchev–Trinajstić information content (AvgIpc) is 3.79. The van der Waals surface area contributed by atoms with Gasteiger partial charge in [-0.25, -0.2) is 19.9 Å². The van der Waals surface area contributed by atoms with Gasteiger partial charge < -0.3 is 4.42 Å². The third kappa shape index (κ3) is 6.02. The SMILES string of the molecule is c1ccc(-c2ccc(-c3nc(-c4cccc(-c5cccc6ccccc56)c4)nc(-c4cc5ccc6ccc7nc(-c8ccccc8)oc7c6c5c5ccccc45)n3)cc2)cc1. The Morgan fingerprint density at radius 1 is 0.295 bits per heavy atom. The molecule has 0 aliphatic carbocycles. The van der Waals surface area contributed by atoms with Crippen molar-refractivity contribution < 1.29 is 4.42 Å². The van der Waals surface area contributed by atoms with E-state index in [9.17, 15) is 0 Å². The highest BCUT2D eigenvalue weighted by molar-refractivity contribution is 6.28. The third-order valence-corrected chi connectivity index (χ3v) is 11.7. The summed E-state index contributed by atoms with van der Waals surface area (Å²) in [5.41, 5.74) is 9.83. The van der Waals surface area contributed by atoms with Crippen molar-refractivity contribution in [1.82, 2.24) is 19.9 Å². The van der Waals surface area contributed by atoms with Crippen LogP contribution in [0.3, 0.4) is 0 Å². The van der Waals surface area contributed by atoms with Gasteiger partial charge in [0.25, 0.3) is 0 Å². The van der Waals surface area contributed by atoms with E-state index >= 15 is 0 Å². The highest BCUT2D eigenvalue weighted by Gasteiger charge is 2.20. The van der Waals surface area contributed by atoms with E-state index in [-0.39, 0.29) is 0 Å². The summed E-state index contributed by atoms with van der Waals surface area (Å²) < 4.78 is 6.63. The molecule has 0 atom stereocenters. The Hall–Kier alpha value is -8.28. The lowest BCUT2D eigenvalue weighted by atomic mass is 9.92. The molecule has 0 saturated heterocycles. The molecular formula is C56H34N4O. The van der Waals surface area contributed by atoms with Gasteiger partial charge in [-0.1, -0.05) is 176 Å². The molecule has 12 rings (SSSR count). The summed E-state index contributed by atoms with van der Waals surface area (Å²) >= 11 is 0. The van der Waals surface area contributed by atoms with E-state index in [0.717, 1.165) is 87.9 Å². The number of nitrogens with zero attached hydrogens (tertiary/aromatic N) is 4. The van der Waals surface area contributed by atoms with Crippen LogP contribution in [-0.4, -0.2) is 19.9 Å². The molecule has 2 aromatic heterocycles. The first-order chi connectivity index (χ1) is 30.2. The minimum Gasteiger partial charge on any atom is -0.435 e. The highest BCUT2D eigenvalue weighted by atomic mass is 16.3. The normalized spacial score (nSPS) is 11.6. The van der Waals surface area contributed by atoms with Crippen LogP contribution in [0.15, 0.2) is 211 Å². The van der Waals surface area contributed by atoms with Gasteiger partial charge in [0.05, 0.1) is 0 Å². The zero-order chi connectivity index (χ0) is 40.3. The van der Waals surface area contributed by atoms with E-state index in [4.69, 9.17) is 24.4 Å². The molecule has 5 heteroatoms. The highest BCUT2D eigenvalue weighted by Crippen LogP contribution is 2.42. The number of hydrogen-bond acceptors (Lipinski definition) is 5. The standard InChI is InChI=1S/C56H34N4O/c1-3-13-35(14-4-1)36-25-28-39(29-26-36)53-58-54(43-20-11-19-41(33-43)45-24-12-18-37-15-7-8-21-44(37)45)60-55(59-53)48-34-42-30-27-38-31-32-49-52(61-56(57-49)40-16-5-2-6-17-40)51(38)50(42)47-23-10-9-22-46(47)48/h1-34H. The predicted molar refractivity (Wildman–Crippen MR) is 250 cm³/mol. The molecule has 0 bridgehead atoms. The summed E-state index contributed by atoms with van der Waals surface area (Å²) in [5.74, 6) is 2.42. The first-order valence-electron chi connectivity index (χ1n) is 20.5. The quantitative estimate of drug-likeness (QED) is 0.157. The molecule has 0 aliphatic rings. The fourth-order valence-corrected chi connectivity index (χ4v) is 8.78. The van der Waals surface area contributed by atoms with Crippen molar-refractivity contribution in [2.24, 2.45) is 0 Å². The number of hydrogen-bond donors (Lipinski definition) is 0. The molecule has 284 valence electrons. The van der Waals surface area contributed by atoms with Crippen LogP contribution in [0, 0.1) is 0 Å². The largest absolute Gasteiger partial charge is 0.435 e. The molecule has 0 spiro atoms. The second kappa shape index (κ2) is 14.2. The lowest BCUT2D eigenvalue weighted by molar-refractivity contribution is 0.623. The van der Waals surface area contributed by atoms with Gasteiger partial charge >= 0.3 is 0 Å². The first kappa shape index (κ1) is 34.7. The number of rotatable bonds is 6. The molecule has 0 radical (unpaired) electrons. The Kier molecular flexibility index (Phi) is 8.10. The van der Waals surface area contributed by atoms with Crippen LogP contribution in [0.4, 0.5) is 0 Å². The van der Waals surface area contributed by atoms with E-state index in [1.807, 2.05) is 42.5 Å². The number of fused-ring (bicyclic) bond motifs is 8. The minimum absolute atomic E-state index is 0.602. The van der Waals surface area contributed by atoms with Crippen molar-refractivity contribution in [2.75, 3.05) is 0 Å². The Bertz CT molecular complexity index is 3630. The van der Waals surface area contributed by atoms with E-state index < -0.39 is 0 Å².